The summed E-state index contributed by atoms with van der Waals surface area (Å²) in [6, 6.07) is 11.3. The number of piperidine rings is 1. The number of methoxy groups -OCH3 is 1. The molecule has 2 fully saturated rings. The third-order valence-corrected chi connectivity index (χ3v) is 8.30. The minimum atomic E-state index is -4.79. The zero-order chi connectivity index (χ0) is 32.0. The molecule has 9 nitrogen and oxygen atoms in total. The minimum absolute atomic E-state index is 0.0790. The molecular weight excluding hydrogens is 596 g/mol. The number of halogens is 4. The van der Waals surface area contributed by atoms with E-state index >= 15 is 0 Å². The normalized spacial score (nSPS) is 18.9. The first kappa shape index (κ1) is 32.6. The van der Waals surface area contributed by atoms with E-state index in [2.05, 4.69) is 4.90 Å². The second-order valence-corrected chi connectivity index (χ2v) is 11.3. The van der Waals surface area contributed by atoms with E-state index in [-0.39, 0.29) is 31.4 Å². The number of ether oxygens (including phenoxy) is 4. The largest absolute Gasteiger partial charge is 0.497 e. The molecule has 3 heterocycles. The molecule has 0 radical (unpaired) electrons. The van der Waals surface area contributed by atoms with Crippen LogP contribution in [0.15, 0.2) is 58.9 Å². The fourth-order valence-corrected chi connectivity index (χ4v) is 5.77. The number of aliphatic imine (C=N–C) groups is 1. The Labute approximate surface area is 259 Å². The molecule has 5 rings (SSSR count). The van der Waals surface area contributed by atoms with Crippen LogP contribution < -0.4 is 10.5 Å². The molecule has 3 aliphatic rings. The number of likely N-dealkylation sites (tertiary alicyclic amines) is 1. The van der Waals surface area contributed by atoms with Gasteiger partial charge in [0.2, 0.25) is 6.10 Å². The van der Waals surface area contributed by atoms with Crippen LogP contribution in [0.25, 0.3) is 0 Å². The number of nitrogens with two attached hydrogens (primary N) is 1. The van der Waals surface area contributed by atoms with Gasteiger partial charge in [0.05, 0.1) is 50.6 Å². The highest BCUT2D eigenvalue weighted by molar-refractivity contribution is 6.03. The molecule has 45 heavy (non-hydrogen) atoms. The predicted molar refractivity (Wildman–Crippen MR) is 159 cm³/mol. The van der Waals surface area contributed by atoms with Gasteiger partial charge >= 0.3 is 12.3 Å². The first-order valence-electron chi connectivity index (χ1n) is 15.0. The van der Waals surface area contributed by atoms with Crippen molar-refractivity contribution in [1.82, 2.24) is 9.80 Å². The number of aryl methyl sites for hydroxylation is 1. The Morgan fingerprint density at radius 2 is 1.76 bits per heavy atom. The molecule has 1 unspecified atom stereocenters. The van der Waals surface area contributed by atoms with E-state index in [9.17, 15) is 22.4 Å². The van der Waals surface area contributed by atoms with Crippen LogP contribution in [0.1, 0.15) is 30.4 Å². The zero-order valence-corrected chi connectivity index (χ0v) is 25.2. The molecule has 1 amide bonds. The zero-order valence-electron chi connectivity index (χ0n) is 25.2. The van der Waals surface area contributed by atoms with Gasteiger partial charge in [0, 0.05) is 37.8 Å². The SMILES string of the molecule is COc1ccc(COCC(OC(=O)N2CCC(C(N)=C(C3=Nc4ccc(F)cc4CC3)N3CCOCC3)CC2)C(F)(F)F)cc1. The minimum Gasteiger partial charge on any atom is -0.497 e. The number of allylic oxidation sites excluding steroid dienone is 2. The number of alkyl halides is 3. The van der Waals surface area contributed by atoms with Crippen molar-refractivity contribution in [2.45, 2.75) is 44.6 Å². The standard InChI is InChI=1S/C32H38F4N4O5/c1-42-25-6-2-21(3-7-25)19-44-20-28(32(34,35)36)45-31(41)40-12-10-22(11-13-40)29(37)30(39-14-16-43-17-15-39)27-8-4-23-18-24(33)5-9-26(23)38-27/h2-3,5-7,9,18,22,28H,4,8,10-17,19-20,37H2,1H3. The van der Waals surface area contributed by atoms with Crippen molar-refractivity contribution in [3.63, 3.8) is 0 Å². The van der Waals surface area contributed by atoms with Crippen LogP contribution in [0, 0.1) is 11.7 Å². The lowest BCUT2D eigenvalue weighted by Gasteiger charge is -2.37. The number of fused-ring (bicyclic) bond motifs is 1. The summed E-state index contributed by atoms with van der Waals surface area (Å²) in [7, 11) is 1.52. The summed E-state index contributed by atoms with van der Waals surface area (Å²) in [5.41, 5.74) is 11.3. The van der Waals surface area contributed by atoms with Crippen molar-refractivity contribution in [2.75, 3.05) is 53.1 Å². The molecule has 2 aromatic rings. The maximum atomic E-state index is 13.8. The van der Waals surface area contributed by atoms with E-state index in [1.165, 1.54) is 24.1 Å². The van der Waals surface area contributed by atoms with Crippen LogP contribution in [0.5, 0.6) is 5.75 Å². The Morgan fingerprint density at radius 1 is 1.04 bits per heavy atom. The van der Waals surface area contributed by atoms with Gasteiger partial charge in [-0.15, -0.1) is 0 Å². The lowest BCUT2D eigenvalue weighted by atomic mass is 9.89. The summed E-state index contributed by atoms with van der Waals surface area (Å²) in [5, 5.41) is 0. The van der Waals surface area contributed by atoms with Gasteiger partial charge in [-0.25, -0.2) is 9.18 Å². The van der Waals surface area contributed by atoms with Crippen LogP contribution in [-0.2, 0) is 27.2 Å². The van der Waals surface area contributed by atoms with E-state index < -0.39 is 25.0 Å². The average molecular weight is 635 g/mol. The second-order valence-electron chi connectivity index (χ2n) is 11.3. The molecule has 0 aromatic heterocycles. The first-order valence-corrected chi connectivity index (χ1v) is 15.0. The Morgan fingerprint density at radius 3 is 2.42 bits per heavy atom. The molecule has 244 valence electrons. The van der Waals surface area contributed by atoms with E-state index in [4.69, 9.17) is 29.7 Å². The molecule has 0 spiro atoms. The molecule has 3 aliphatic heterocycles. The van der Waals surface area contributed by atoms with Gasteiger partial charge in [-0.2, -0.15) is 13.2 Å². The van der Waals surface area contributed by atoms with Crippen LogP contribution in [0.2, 0.25) is 0 Å². The van der Waals surface area contributed by atoms with Crippen molar-refractivity contribution in [3.05, 3.63) is 70.8 Å². The molecule has 13 heteroatoms. The highest BCUT2D eigenvalue weighted by atomic mass is 19.4. The van der Waals surface area contributed by atoms with E-state index in [1.54, 1.807) is 30.3 Å². The molecule has 0 aliphatic carbocycles. The Hall–Kier alpha value is -3.84. The van der Waals surface area contributed by atoms with Crippen molar-refractivity contribution >= 4 is 17.5 Å². The summed E-state index contributed by atoms with van der Waals surface area (Å²) < 4.78 is 75.8. The number of carbonyl (C=O) groups excluding carboxylic acids is 1. The van der Waals surface area contributed by atoms with Crippen LogP contribution in [0.4, 0.5) is 28.0 Å². The smallest absolute Gasteiger partial charge is 0.427 e. The number of benzene rings is 2. The van der Waals surface area contributed by atoms with Crippen LogP contribution >= 0.6 is 0 Å². The van der Waals surface area contributed by atoms with Crippen molar-refractivity contribution in [3.8, 4) is 5.75 Å². The van der Waals surface area contributed by atoms with Crippen molar-refractivity contribution in [1.29, 1.82) is 0 Å². The third-order valence-electron chi connectivity index (χ3n) is 8.30. The van der Waals surface area contributed by atoms with Crippen molar-refractivity contribution < 1.29 is 41.3 Å². The summed E-state index contributed by atoms with van der Waals surface area (Å²) >= 11 is 0. The summed E-state index contributed by atoms with van der Waals surface area (Å²) in [6.07, 6.45) is -6.11. The number of rotatable bonds is 9. The lowest BCUT2D eigenvalue weighted by Crippen LogP contribution is -2.46. The van der Waals surface area contributed by atoms with Crippen molar-refractivity contribution in [2.24, 2.45) is 16.6 Å². The quantitative estimate of drug-likeness (QED) is 0.372. The van der Waals surface area contributed by atoms with Gasteiger partial charge in [-0.05, 0) is 67.1 Å². The van der Waals surface area contributed by atoms with E-state index in [0.29, 0.717) is 74.7 Å². The van der Waals surface area contributed by atoms with Gasteiger partial charge < -0.3 is 34.5 Å². The van der Waals surface area contributed by atoms with Gasteiger partial charge in [0.25, 0.3) is 0 Å². The van der Waals surface area contributed by atoms with Gasteiger partial charge in [0.15, 0.2) is 0 Å². The number of amides is 1. The van der Waals surface area contributed by atoms with Gasteiger partial charge in [-0.3, -0.25) is 4.99 Å². The number of carbonyl (C=O) groups is 1. The molecule has 2 saturated heterocycles. The maximum absolute atomic E-state index is 13.8. The first-order chi connectivity index (χ1) is 21.6. The molecule has 0 bridgehead atoms. The molecule has 1 atom stereocenters. The number of morpholine rings is 1. The summed E-state index contributed by atoms with van der Waals surface area (Å²) in [4.78, 5) is 21.1. The molecule has 2 aromatic carbocycles. The monoisotopic (exact) mass is 634 g/mol. The topological polar surface area (TPSA) is 98.9 Å². The maximum Gasteiger partial charge on any atom is 0.427 e. The average Bonchev–Trinajstić information content (AvgIpc) is 3.04. The highest BCUT2D eigenvalue weighted by Gasteiger charge is 2.44. The fraction of sp³-hybridized carbons (Fsp3) is 0.500. The van der Waals surface area contributed by atoms with Crippen LogP contribution in [-0.4, -0.2) is 87.0 Å². The third kappa shape index (κ3) is 8.26. The van der Waals surface area contributed by atoms with Gasteiger partial charge in [-0.1, -0.05) is 12.1 Å². The number of nitrogens with zero attached hydrogens (tertiary/aromatic N) is 3. The Balaban J connectivity index is 1.22. The number of hydrogen-bond acceptors (Lipinski definition) is 8. The lowest BCUT2D eigenvalue weighted by molar-refractivity contribution is -0.220. The predicted octanol–water partition coefficient (Wildman–Crippen LogP) is 5.35. The van der Waals surface area contributed by atoms with E-state index in [0.717, 1.165) is 17.0 Å². The van der Waals surface area contributed by atoms with Gasteiger partial charge in [0.1, 0.15) is 11.6 Å². The van der Waals surface area contributed by atoms with Crippen LogP contribution in [0.3, 0.4) is 0 Å². The summed E-state index contributed by atoms with van der Waals surface area (Å²) in [5.74, 6) is 0.199. The van der Waals surface area contributed by atoms with E-state index in [1.807, 2.05) is 0 Å². The Bertz CT molecular complexity index is 1380. The summed E-state index contributed by atoms with van der Waals surface area (Å²) in [6.45, 7) is 1.82. The number of hydrogen-bond donors (Lipinski definition) is 1. The molecular formula is C32H38F4N4O5. The second kappa shape index (κ2) is 14.5. The Kier molecular flexibility index (Phi) is 10.5. The fourth-order valence-electron chi connectivity index (χ4n) is 5.77. The highest BCUT2D eigenvalue weighted by Crippen LogP contribution is 2.33. The molecule has 2 N–H and O–H groups in total. The molecule has 0 saturated carbocycles.